The van der Waals surface area contributed by atoms with Crippen molar-refractivity contribution in [3.63, 3.8) is 0 Å². The summed E-state index contributed by atoms with van der Waals surface area (Å²) in [6, 6.07) is 5.28. The molecule has 1 amide bonds. The van der Waals surface area contributed by atoms with E-state index in [0.29, 0.717) is 0 Å². The number of carbonyl (C=O) groups excluding carboxylic acids is 1. The molecule has 120 valence electrons. The van der Waals surface area contributed by atoms with E-state index in [9.17, 15) is 14.4 Å². The largest absolute Gasteiger partial charge is 0.619 e. The van der Waals surface area contributed by atoms with Crippen LogP contribution >= 0.6 is 46.4 Å². The molecular weight excluding hydrogens is 379 g/mol. The van der Waals surface area contributed by atoms with Gasteiger partial charge in [-0.1, -0.05) is 58.5 Å². The maximum Gasteiger partial charge on any atom is 0.333 e. The maximum atomic E-state index is 14.0. The summed E-state index contributed by atoms with van der Waals surface area (Å²) in [6.07, 6.45) is 0. The fourth-order valence-corrected chi connectivity index (χ4v) is 2.26. The van der Waals surface area contributed by atoms with Gasteiger partial charge < -0.3 is 5.21 Å². The van der Waals surface area contributed by atoms with Crippen molar-refractivity contribution in [3.05, 3.63) is 35.3 Å². The molecule has 2 unspecified atom stereocenters. The van der Waals surface area contributed by atoms with Crippen LogP contribution < -0.4 is 4.65 Å². The van der Waals surface area contributed by atoms with Crippen LogP contribution in [0.25, 0.3) is 0 Å². The molecule has 2 atom stereocenters. The first-order chi connectivity index (χ1) is 10.1. The topological polar surface area (TPSA) is 55.7 Å². The van der Waals surface area contributed by atoms with E-state index < -0.39 is 31.5 Å². The van der Waals surface area contributed by atoms with Crippen LogP contribution in [0, 0.1) is 11.0 Å². The first-order valence-corrected chi connectivity index (χ1v) is 7.53. The first-order valence-electron chi connectivity index (χ1n) is 5.96. The second-order valence-corrected chi connectivity index (χ2v) is 7.45. The number of hydrogen-bond donors (Lipinski definition) is 0. The zero-order valence-electron chi connectivity index (χ0n) is 11.1. The van der Waals surface area contributed by atoms with Gasteiger partial charge in [-0.3, -0.25) is 14.3 Å². The average Bonchev–Trinajstić information content (AvgIpc) is 2.62. The number of benzene rings is 1. The molecule has 2 rings (SSSR count). The minimum Gasteiger partial charge on any atom is -0.619 e. The molecule has 0 N–H and O–H groups in total. The highest BCUT2D eigenvalue weighted by molar-refractivity contribution is 6.70. The normalized spacial score (nSPS) is 25.9. The number of quaternary nitrogens is 1. The van der Waals surface area contributed by atoms with Crippen molar-refractivity contribution in [2.24, 2.45) is 4.99 Å². The van der Waals surface area contributed by atoms with Gasteiger partial charge in [0.15, 0.2) is 23.7 Å². The summed E-state index contributed by atoms with van der Waals surface area (Å²) in [5.41, 5.74) is -1.74. The molecule has 1 aromatic carbocycles. The highest BCUT2D eigenvalue weighted by atomic mass is 35.6. The van der Waals surface area contributed by atoms with E-state index in [1.165, 1.54) is 25.2 Å². The molecule has 22 heavy (non-hydrogen) atoms. The Balaban J connectivity index is 2.56. The number of rotatable bonds is 2. The molecule has 1 aliphatic heterocycles. The van der Waals surface area contributed by atoms with Gasteiger partial charge in [-0.2, -0.15) is 0 Å². The van der Waals surface area contributed by atoms with Crippen LogP contribution in [0.15, 0.2) is 29.3 Å². The molecule has 0 aliphatic carbocycles. The Bertz CT molecular complexity index is 637. The van der Waals surface area contributed by atoms with Crippen LogP contribution in [-0.2, 0) is 4.79 Å². The lowest BCUT2D eigenvalue weighted by molar-refractivity contribution is -0.121. The van der Waals surface area contributed by atoms with Crippen molar-refractivity contribution >= 4 is 63.8 Å². The Morgan fingerprint density at radius 1 is 1.41 bits per heavy atom. The number of carbonyl (C=O) groups is 1. The van der Waals surface area contributed by atoms with E-state index in [0.717, 1.165) is 11.0 Å². The van der Waals surface area contributed by atoms with E-state index in [4.69, 9.17) is 46.4 Å². The van der Waals surface area contributed by atoms with E-state index >= 15 is 0 Å². The number of amides is 1. The molecule has 1 aliphatic rings. The van der Waals surface area contributed by atoms with Crippen LogP contribution in [-0.4, -0.2) is 39.7 Å². The third-order valence-corrected chi connectivity index (χ3v) is 4.42. The fraction of sp³-hybridized carbons (Fsp3) is 0.333. The maximum absolute atomic E-state index is 14.0. The van der Waals surface area contributed by atoms with Gasteiger partial charge in [-0.25, -0.2) is 9.38 Å². The molecule has 5 nitrogen and oxygen atoms in total. The van der Waals surface area contributed by atoms with Gasteiger partial charge in [-0.15, -0.1) is 0 Å². The summed E-state index contributed by atoms with van der Waals surface area (Å²) >= 11 is 22.6. The van der Waals surface area contributed by atoms with Crippen LogP contribution in [0.3, 0.4) is 0 Å². The van der Waals surface area contributed by atoms with Gasteiger partial charge in [-0.05, 0) is 6.07 Å². The second-order valence-electron chi connectivity index (χ2n) is 4.67. The Hall–Kier alpha value is -0.630. The molecule has 10 heteroatoms. The number of hydroxylamine groups is 2. The third-order valence-electron chi connectivity index (χ3n) is 3.04. The van der Waals surface area contributed by atoms with Crippen LogP contribution in [0.4, 0.5) is 10.1 Å². The number of para-hydroxylation sites is 1. The lowest BCUT2D eigenvalue weighted by Crippen LogP contribution is -2.47. The Kier molecular flexibility index (Phi) is 4.92. The molecule has 0 aromatic heterocycles. The molecule has 1 saturated heterocycles. The second kappa shape index (κ2) is 6.11. The minimum absolute atomic E-state index is 0.271. The number of alkyl halides is 4. The summed E-state index contributed by atoms with van der Waals surface area (Å²) in [5.74, 6) is -2.02. The van der Waals surface area contributed by atoms with Gasteiger partial charge in [0.25, 0.3) is 5.84 Å². The zero-order valence-corrected chi connectivity index (χ0v) is 14.2. The number of aliphatic imine (C=N–C) groups is 1. The summed E-state index contributed by atoms with van der Waals surface area (Å²) in [6.45, 7) is -0.359. The lowest BCUT2D eigenvalue weighted by Gasteiger charge is -2.35. The summed E-state index contributed by atoms with van der Waals surface area (Å²) in [4.78, 5) is 17.0. The van der Waals surface area contributed by atoms with Gasteiger partial charge in [0.2, 0.25) is 3.79 Å². The average molecular weight is 389 g/mol. The van der Waals surface area contributed by atoms with Crippen molar-refractivity contribution in [1.82, 2.24) is 9.55 Å². The standard InChI is InChI=1S/C12H10Cl4FN3O2/c1-19-6-20(22,8-5-3-2-4-7(8)17)9(10(19)21)18-11(13)12(14,15)16/h2-5,11H,6H2,1H3. The van der Waals surface area contributed by atoms with E-state index in [1.54, 1.807) is 0 Å². The minimum atomic E-state index is -2.02. The van der Waals surface area contributed by atoms with Crippen LogP contribution in [0.2, 0.25) is 0 Å². The van der Waals surface area contributed by atoms with Crippen LogP contribution in [0.1, 0.15) is 0 Å². The molecule has 0 spiro atoms. The summed E-state index contributed by atoms with van der Waals surface area (Å²) in [5, 5.41) is 13.1. The number of hydrogen-bond acceptors (Lipinski definition) is 3. The number of likely N-dealkylation sites (N-methyl/N-ethyl adjacent to an activating group) is 1. The van der Waals surface area contributed by atoms with E-state index in [1.807, 2.05) is 0 Å². The van der Waals surface area contributed by atoms with Gasteiger partial charge in [0.05, 0.1) is 0 Å². The van der Waals surface area contributed by atoms with Gasteiger partial charge in [0, 0.05) is 13.1 Å². The number of halogens is 5. The molecule has 0 saturated carbocycles. The van der Waals surface area contributed by atoms with Crippen molar-refractivity contribution in [2.75, 3.05) is 13.7 Å². The van der Waals surface area contributed by atoms with E-state index in [2.05, 4.69) is 4.99 Å². The Morgan fingerprint density at radius 2 is 2.00 bits per heavy atom. The summed E-state index contributed by atoms with van der Waals surface area (Å²) in [7, 11) is 1.38. The highest BCUT2D eigenvalue weighted by Crippen LogP contribution is 2.37. The number of nitrogens with zero attached hydrogens (tertiary/aromatic N) is 3. The molecule has 1 aromatic rings. The molecule has 0 radical (unpaired) electrons. The highest BCUT2D eigenvalue weighted by Gasteiger charge is 2.47. The van der Waals surface area contributed by atoms with E-state index in [-0.39, 0.29) is 12.4 Å². The Morgan fingerprint density at radius 3 is 2.55 bits per heavy atom. The zero-order chi connectivity index (χ0) is 16.7. The van der Waals surface area contributed by atoms with Crippen molar-refractivity contribution in [2.45, 2.75) is 9.29 Å². The predicted octanol–water partition coefficient (Wildman–Crippen LogP) is 3.39. The first kappa shape index (κ1) is 17.7. The smallest absolute Gasteiger partial charge is 0.333 e. The lowest BCUT2D eigenvalue weighted by atomic mass is 10.2. The monoisotopic (exact) mass is 387 g/mol. The van der Waals surface area contributed by atoms with Crippen molar-refractivity contribution in [3.8, 4) is 0 Å². The SMILES string of the molecule is CN1C[N+]([O-])(c2ccccc2F)C(=NC(Cl)C(Cl)(Cl)Cl)C1=O. The molecule has 1 heterocycles. The van der Waals surface area contributed by atoms with Crippen LogP contribution in [0.5, 0.6) is 0 Å². The quantitative estimate of drug-likeness (QED) is 0.337. The van der Waals surface area contributed by atoms with Gasteiger partial charge in [0.1, 0.15) is 0 Å². The fourth-order valence-electron chi connectivity index (χ4n) is 2.02. The summed E-state index contributed by atoms with van der Waals surface area (Å²) < 4.78 is 10.5. The Labute approximate surface area is 146 Å². The van der Waals surface area contributed by atoms with Crippen molar-refractivity contribution in [1.29, 1.82) is 0 Å². The predicted molar refractivity (Wildman–Crippen MR) is 86.6 cm³/mol. The third kappa shape index (κ3) is 3.18. The molecular formula is C12H10Cl4FN3O2. The van der Waals surface area contributed by atoms with Gasteiger partial charge >= 0.3 is 5.91 Å². The number of amidine groups is 1. The molecule has 1 fully saturated rings. The van der Waals surface area contributed by atoms with Crippen molar-refractivity contribution < 1.29 is 9.18 Å². The molecule has 0 bridgehead atoms.